The molecule has 2 aromatic carbocycles. The Morgan fingerprint density at radius 2 is 1.83 bits per heavy atom. The molecule has 4 rings (SSSR count). The van der Waals surface area contributed by atoms with Gasteiger partial charge in [-0.05, 0) is 30.3 Å². The summed E-state index contributed by atoms with van der Waals surface area (Å²) in [5, 5.41) is 8.74. The van der Waals surface area contributed by atoms with E-state index in [2.05, 4.69) is 15.2 Å². The molecule has 0 aliphatic carbocycles. The zero-order valence-corrected chi connectivity index (χ0v) is 16.3. The number of benzene rings is 2. The van der Waals surface area contributed by atoms with Crippen molar-refractivity contribution < 1.29 is 9.53 Å². The van der Waals surface area contributed by atoms with Gasteiger partial charge in [0.1, 0.15) is 11.3 Å². The molecule has 8 heteroatoms. The highest BCUT2D eigenvalue weighted by molar-refractivity contribution is 5.94. The number of ether oxygens (including phenoxy) is 1. The summed E-state index contributed by atoms with van der Waals surface area (Å²) in [6, 6.07) is 14.4. The molecule has 1 aliphatic heterocycles. The second-order valence-electron chi connectivity index (χ2n) is 7.00. The van der Waals surface area contributed by atoms with Crippen molar-refractivity contribution in [1.29, 1.82) is 0 Å². The van der Waals surface area contributed by atoms with Crippen LogP contribution in [-0.2, 0) is 6.54 Å². The summed E-state index contributed by atoms with van der Waals surface area (Å²) in [7, 11) is 1.59. The maximum absolute atomic E-state index is 12.7. The molecule has 1 amide bonds. The van der Waals surface area contributed by atoms with Crippen molar-refractivity contribution in [2.45, 2.75) is 6.54 Å². The number of carbonyl (C=O) groups excluding carboxylic acids is 1. The van der Waals surface area contributed by atoms with Crippen LogP contribution in [-0.4, -0.2) is 70.5 Å². The third-order valence-corrected chi connectivity index (χ3v) is 5.23. The van der Waals surface area contributed by atoms with Crippen LogP contribution in [0.2, 0.25) is 0 Å². The summed E-state index contributed by atoms with van der Waals surface area (Å²) >= 11 is 0. The van der Waals surface area contributed by atoms with Crippen LogP contribution in [0.5, 0.6) is 5.75 Å². The van der Waals surface area contributed by atoms with E-state index < -0.39 is 0 Å². The molecule has 8 nitrogen and oxygen atoms in total. The predicted molar refractivity (Wildman–Crippen MR) is 109 cm³/mol. The van der Waals surface area contributed by atoms with Crippen molar-refractivity contribution in [2.75, 3.05) is 39.8 Å². The van der Waals surface area contributed by atoms with Gasteiger partial charge in [-0.25, -0.2) is 4.68 Å². The van der Waals surface area contributed by atoms with Crippen LogP contribution in [0.25, 0.3) is 10.9 Å². The molecular formula is C21H23N5O3. The van der Waals surface area contributed by atoms with Gasteiger partial charge in [0.2, 0.25) is 0 Å². The van der Waals surface area contributed by atoms with Crippen molar-refractivity contribution in [2.24, 2.45) is 0 Å². The monoisotopic (exact) mass is 393 g/mol. The van der Waals surface area contributed by atoms with Gasteiger partial charge in [-0.15, -0.1) is 5.10 Å². The number of methoxy groups -OCH3 is 1. The average Bonchev–Trinajstić information content (AvgIpc) is 2.79. The Labute approximate surface area is 168 Å². The molecule has 0 radical (unpaired) electrons. The summed E-state index contributed by atoms with van der Waals surface area (Å²) < 4.78 is 6.61. The molecule has 0 N–H and O–H groups in total. The number of carbonyl (C=O) groups is 1. The first kappa shape index (κ1) is 19.1. The predicted octanol–water partition coefficient (Wildman–Crippen LogP) is 1.26. The van der Waals surface area contributed by atoms with Crippen molar-refractivity contribution in [3.63, 3.8) is 0 Å². The SMILES string of the molecule is COc1cccc(C(=O)N2CCN(CCn3nnc4ccccc4c3=O)CC2)c1. The van der Waals surface area contributed by atoms with Crippen LogP contribution in [0.15, 0.2) is 53.3 Å². The molecule has 0 unspecified atom stereocenters. The van der Waals surface area contributed by atoms with Crippen LogP contribution in [0, 0.1) is 0 Å². The number of piperazine rings is 1. The second kappa shape index (κ2) is 8.40. The highest BCUT2D eigenvalue weighted by Crippen LogP contribution is 2.15. The summed E-state index contributed by atoms with van der Waals surface area (Å²) in [5.74, 6) is 0.691. The average molecular weight is 393 g/mol. The summed E-state index contributed by atoms with van der Waals surface area (Å²) in [4.78, 5) is 29.3. The molecule has 1 aliphatic rings. The minimum atomic E-state index is -0.123. The first-order valence-corrected chi connectivity index (χ1v) is 9.64. The Balaban J connectivity index is 1.34. The third kappa shape index (κ3) is 4.12. The lowest BCUT2D eigenvalue weighted by Crippen LogP contribution is -2.49. The summed E-state index contributed by atoms with van der Waals surface area (Å²) in [6.07, 6.45) is 0. The normalized spacial score (nSPS) is 14.9. The van der Waals surface area contributed by atoms with E-state index in [1.54, 1.807) is 25.3 Å². The number of hydrogen-bond donors (Lipinski definition) is 0. The van der Waals surface area contributed by atoms with Crippen LogP contribution in [0.3, 0.4) is 0 Å². The lowest BCUT2D eigenvalue weighted by Gasteiger charge is -2.34. The largest absolute Gasteiger partial charge is 0.497 e. The lowest BCUT2D eigenvalue weighted by atomic mass is 10.1. The Bertz CT molecular complexity index is 1070. The first-order valence-electron chi connectivity index (χ1n) is 9.64. The Morgan fingerprint density at radius 1 is 1.03 bits per heavy atom. The zero-order chi connectivity index (χ0) is 20.2. The quantitative estimate of drug-likeness (QED) is 0.649. The van der Waals surface area contributed by atoms with Gasteiger partial charge in [0, 0.05) is 38.3 Å². The van der Waals surface area contributed by atoms with Crippen molar-refractivity contribution >= 4 is 16.8 Å². The van der Waals surface area contributed by atoms with E-state index >= 15 is 0 Å². The van der Waals surface area contributed by atoms with Crippen LogP contribution in [0.4, 0.5) is 0 Å². The van der Waals surface area contributed by atoms with Crippen molar-refractivity contribution in [1.82, 2.24) is 24.8 Å². The van der Waals surface area contributed by atoms with Crippen LogP contribution >= 0.6 is 0 Å². The fourth-order valence-electron chi connectivity index (χ4n) is 3.52. The molecule has 1 fully saturated rings. The van der Waals surface area contributed by atoms with E-state index in [1.807, 2.05) is 35.2 Å². The van der Waals surface area contributed by atoms with Gasteiger partial charge in [0.25, 0.3) is 11.5 Å². The standard InChI is InChI=1S/C21H23N5O3/c1-29-17-6-4-5-16(15-17)20(27)25-12-9-24(10-13-25)11-14-26-21(28)18-7-2-3-8-19(18)22-23-26/h2-8,15H,9-14H2,1H3. The molecule has 29 heavy (non-hydrogen) atoms. The molecule has 0 spiro atoms. The van der Waals surface area contributed by atoms with Gasteiger partial charge >= 0.3 is 0 Å². The minimum absolute atomic E-state index is 0.0140. The van der Waals surface area contributed by atoms with Gasteiger partial charge in [-0.2, -0.15) is 0 Å². The zero-order valence-electron chi connectivity index (χ0n) is 16.3. The number of nitrogens with zero attached hydrogens (tertiary/aromatic N) is 5. The minimum Gasteiger partial charge on any atom is -0.497 e. The van der Waals surface area contributed by atoms with E-state index in [9.17, 15) is 9.59 Å². The Morgan fingerprint density at radius 3 is 2.62 bits per heavy atom. The Kier molecular flexibility index (Phi) is 5.53. The van der Waals surface area contributed by atoms with Gasteiger partial charge < -0.3 is 9.64 Å². The molecular weight excluding hydrogens is 370 g/mol. The number of amides is 1. The fraction of sp³-hybridized carbons (Fsp3) is 0.333. The number of aromatic nitrogens is 3. The van der Waals surface area contributed by atoms with E-state index in [-0.39, 0.29) is 11.5 Å². The fourth-order valence-corrected chi connectivity index (χ4v) is 3.52. The van der Waals surface area contributed by atoms with E-state index in [0.29, 0.717) is 48.4 Å². The van der Waals surface area contributed by atoms with E-state index in [0.717, 1.165) is 13.1 Å². The van der Waals surface area contributed by atoms with Gasteiger partial charge in [0.15, 0.2) is 0 Å². The highest BCUT2D eigenvalue weighted by Gasteiger charge is 2.22. The van der Waals surface area contributed by atoms with Crippen LogP contribution in [0.1, 0.15) is 10.4 Å². The van der Waals surface area contributed by atoms with Gasteiger partial charge in [-0.3, -0.25) is 14.5 Å². The van der Waals surface area contributed by atoms with Crippen molar-refractivity contribution in [3.8, 4) is 5.75 Å². The topological polar surface area (TPSA) is 80.6 Å². The molecule has 2 heterocycles. The van der Waals surface area contributed by atoms with Gasteiger partial charge in [0.05, 0.1) is 19.0 Å². The smallest absolute Gasteiger partial charge is 0.277 e. The molecule has 0 saturated carbocycles. The summed E-state index contributed by atoms with van der Waals surface area (Å²) in [6.45, 7) is 3.97. The van der Waals surface area contributed by atoms with Gasteiger partial charge in [-0.1, -0.05) is 23.4 Å². The first-order chi connectivity index (χ1) is 14.2. The number of fused-ring (bicyclic) bond motifs is 1. The molecule has 150 valence electrons. The second-order valence-corrected chi connectivity index (χ2v) is 7.00. The van der Waals surface area contributed by atoms with Crippen molar-refractivity contribution in [3.05, 3.63) is 64.4 Å². The highest BCUT2D eigenvalue weighted by atomic mass is 16.5. The number of rotatable bonds is 5. The molecule has 1 saturated heterocycles. The third-order valence-electron chi connectivity index (χ3n) is 5.23. The molecule has 0 atom stereocenters. The van der Waals surface area contributed by atoms with E-state index in [1.165, 1.54) is 4.68 Å². The molecule has 0 bridgehead atoms. The lowest BCUT2D eigenvalue weighted by molar-refractivity contribution is 0.0631. The van der Waals surface area contributed by atoms with E-state index in [4.69, 9.17) is 4.74 Å². The number of hydrogen-bond acceptors (Lipinski definition) is 6. The maximum atomic E-state index is 12.7. The molecule has 1 aromatic heterocycles. The molecule has 3 aromatic rings. The summed E-state index contributed by atoms with van der Waals surface area (Å²) in [5.41, 5.74) is 1.12. The Hall–Kier alpha value is -3.26. The van der Waals surface area contributed by atoms with Crippen LogP contribution < -0.4 is 10.3 Å². The maximum Gasteiger partial charge on any atom is 0.277 e.